The Labute approximate surface area is 218 Å². The molecular formula is C28H41NO6S. The number of hydrogen-bond donors (Lipinski definition) is 2. The van der Waals surface area contributed by atoms with E-state index >= 15 is 0 Å². The average molecular weight is 520 g/mol. The van der Waals surface area contributed by atoms with Crippen molar-refractivity contribution in [2.24, 2.45) is 17.3 Å². The van der Waals surface area contributed by atoms with Crippen molar-refractivity contribution in [2.75, 3.05) is 7.11 Å². The van der Waals surface area contributed by atoms with Crippen LogP contribution in [0.1, 0.15) is 65.1 Å². The van der Waals surface area contributed by atoms with Gasteiger partial charge in [0.15, 0.2) is 6.10 Å². The average Bonchev–Trinajstić information content (AvgIpc) is 3.22. The number of rotatable bonds is 3. The molecule has 0 saturated heterocycles. The van der Waals surface area contributed by atoms with Crippen molar-refractivity contribution in [1.29, 1.82) is 0 Å². The molecule has 1 aliphatic heterocycles. The Balaban J connectivity index is 2.50. The molecule has 0 amide bonds. The first-order chi connectivity index (χ1) is 16.8. The fourth-order valence-corrected chi connectivity index (χ4v) is 4.95. The number of methoxy groups -OCH3 is 1. The summed E-state index contributed by atoms with van der Waals surface area (Å²) in [7, 11) is 1.55. The third-order valence-electron chi connectivity index (χ3n) is 6.94. The number of ketones is 1. The molecule has 0 aliphatic carbocycles. The number of Topliss-reactive ketones (excluding diaryl/α,β-unsaturated/α-hetero) is 1. The maximum atomic E-state index is 13.2. The highest BCUT2D eigenvalue weighted by Gasteiger charge is 2.42. The summed E-state index contributed by atoms with van der Waals surface area (Å²) in [6, 6.07) is 0. The standard InChI is InChI=1S/C28H41NO6S/c1-16-10-9-11-17(2)25(32)19(4)27(33)28(6,7)23(30)14-24(31)35-26(22(12-16)34-8)18(3)13-21-15-36-20(5)29-21/h9-10,12-13,15,17,19,22-23,25-26,30,32H,11,14H2,1-8H3/t17-,19+,22-,23-,25-,26+/m0/s1. The molecule has 36 heavy (non-hydrogen) atoms. The zero-order chi connectivity index (χ0) is 27.2. The first kappa shape index (κ1) is 30.1. The van der Waals surface area contributed by atoms with Crippen molar-refractivity contribution in [3.8, 4) is 0 Å². The number of aromatic nitrogens is 1. The van der Waals surface area contributed by atoms with Gasteiger partial charge >= 0.3 is 5.97 Å². The molecule has 2 heterocycles. The van der Waals surface area contributed by atoms with Crippen LogP contribution in [-0.2, 0) is 19.1 Å². The minimum Gasteiger partial charge on any atom is -0.455 e. The van der Waals surface area contributed by atoms with Crippen LogP contribution in [0.15, 0.2) is 34.8 Å². The Kier molecular flexibility index (Phi) is 10.8. The number of carbonyl (C=O) groups excluding carboxylic acids is 2. The SMILES string of the molecule is CO[C@H]1C=C(C)C=CC[C@H](C)[C@H](O)[C@@H](C)C(=O)C(C)(C)[C@@H](O)CC(=O)O[C@@H]1C(C)=Cc1csc(C)n1. The van der Waals surface area contributed by atoms with E-state index in [1.807, 2.05) is 57.4 Å². The summed E-state index contributed by atoms with van der Waals surface area (Å²) in [5, 5.41) is 24.5. The fourth-order valence-electron chi connectivity index (χ4n) is 4.38. The summed E-state index contributed by atoms with van der Waals surface area (Å²) in [5.41, 5.74) is 1.16. The van der Waals surface area contributed by atoms with E-state index in [1.54, 1.807) is 27.9 Å². The molecule has 0 unspecified atom stereocenters. The van der Waals surface area contributed by atoms with Crippen LogP contribution in [-0.4, -0.2) is 58.5 Å². The predicted octanol–water partition coefficient (Wildman–Crippen LogP) is 4.67. The predicted molar refractivity (Wildman–Crippen MR) is 142 cm³/mol. The van der Waals surface area contributed by atoms with Gasteiger partial charge in [0, 0.05) is 18.4 Å². The van der Waals surface area contributed by atoms with E-state index in [0.29, 0.717) is 6.42 Å². The maximum absolute atomic E-state index is 13.2. The molecule has 1 aromatic rings. The number of ether oxygens (including phenoxy) is 2. The Morgan fingerprint density at radius 2 is 1.92 bits per heavy atom. The summed E-state index contributed by atoms with van der Waals surface area (Å²) in [6.07, 6.45) is 4.34. The smallest absolute Gasteiger partial charge is 0.309 e. The zero-order valence-corrected chi connectivity index (χ0v) is 23.5. The summed E-state index contributed by atoms with van der Waals surface area (Å²) >= 11 is 1.53. The van der Waals surface area contributed by atoms with Crippen LogP contribution in [0.3, 0.4) is 0 Å². The molecule has 0 aromatic carbocycles. The van der Waals surface area contributed by atoms with Crippen molar-refractivity contribution < 1.29 is 29.3 Å². The Morgan fingerprint density at radius 3 is 2.50 bits per heavy atom. The number of hydrogen-bond acceptors (Lipinski definition) is 8. The molecule has 1 aliphatic rings. The van der Waals surface area contributed by atoms with Crippen LogP contribution in [0, 0.1) is 24.2 Å². The Morgan fingerprint density at radius 1 is 1.25 bits per heavy atom. The molecule has 0 fully saturated rings. The van der Waals surface area contributed by atoms with Crippen LogP contribution in [0.25, 0.3) is 6.08 Å². The van der Waals surface area contributed by atoms with Gasteiger partial charge in [-0.1, -0.05) is 45.4 Å². The third kappa shape index (κ3) is 7.68. The van der Waals surface area contributed by atoms with Crippen molar-refractivity contribution in [3.63, 3.8) is 0 Å². The molecule has 8 heteroatoms. The minimum absolute atomic E-state index is 0.170. The molecule has 1 aromatic heterocycles. The highest BCUT2D eigenvalue weighted by atomic mass is 32.1. The number of thiazole rings is 1. The van der Waals surface area contributed by atoms with E-state index in [1.165, 1.54) is 11.3 Å². The Bertz CT molecular complexity index is 1010. The first-order valence-electron chi connectivity index (χ1n) is 12.4. The molecule has 2 rings (SSSR count). The van der Waals surface area contributed by atoms with Gasteiger partial charge in [0.05, 0.1) is 34.7 Å². The second-order valence-corrected chi connectivity index (χ2v) is 11.5. The lowest BCUT2D eigenvalue weighted by Crippen LogP contribution is -2.46. The normalized spacial score (nSPS) is 31.2. The molecule has 6 atom stereocenters. The molecule has 0 spiro atoms. The largest absolute Gasteiger partial charge is 0.455 e. The number of allylic oxidation sites excluding steroid dienone is 3. The topological polar surface area (TPSA) is 106 Å². The van der Waals surface area contributed by atoms with E-state index < -0.39 is 41.7 Å². The van der Waals surface area contributed by atoms with Crippen molar-refractivity contribution in [2.45, 2.75) is 85.7 Å². The lowest BCUT2D eigenvalue weighted by molar-refractivity contribution is -0.157. The number of cyclic esters (lactones) is 1. The first-order valence-corrected chi connectivity index (χ1v) is 13.2. The highest BCUT2D eigenvalue weighted by Crippen LogP contribution is 2.32. The molecule has 0 radical (unpaired) electrons. The van der Waals surface area contributed by atoms with Gasteiger partial charge < -0.3 is 19.7 Å². The molecular weight excluding hydrogens is 478 g/mol. The lowest BCUT2D eigenvalue weighted by Gasteiger charge is -2.34. The second kappa shape index (κ2) is 12.9. The van der Waals surface area contributed by atoms with Crippen LogP contribution in [0.2, 0.25) is 0 Å². The monoisotopic (exact) mass is 519 g/mol. The third-order valence-corrected chi connectivity index (χ3v) is 7.73. The van der Waals surface area contributed by atoms with Gasteiger partial charge in [0.25, 0.3) is 0 Å². The van der Waals surface area contributed by atoms with Gasteiger partial charge in [-0.05, 0) is 50.8 Å². The van der Waals surface area contributed by atoms with Gasteiger partial charge in [-0.3, -0.25) is 9.59 Å². The quantitative estimate of drug-likeness (QED) is 0.559. The fraction of sp³-hybridized carbons (Fsp3) is 0.607. The summed E-state index contributed by atoms with van der Waals surface area (Å²) in [4.78, 5) is 30.7. The van der Waals surface area contributed by atoms with Crippen LogP contribution in [0.4, 0.5) is 0 Å². The minimum atomic E-state index is -1.28. The van der Waals surface area contributed by atoms with E-state index in [2.05, 4.69) is 4.98 Å². The van der Waals surface area contributed by atoms with Crippen molar-refractivity contribution in [1.82, 2.24) is 4.98 Å². The molecule has 0 saturated carbocycles. The van der Waals surface area contributed by atoms with Crippen LogP contribution >= 0.6 is 11.3 Å². The number of nitrogens with zero attached hydrogens (tertiary/aromatic N) is 1. The summed E-state index contributed by atoms with van der Waals surface area (Å²) in [5.74, 6) is -1.81. The highest BCUT2D eigenvalue weighted by molar-refractivity contribution is 7.09. The molecule has 7 nitrogen and oxygen atoms in total. The number of aliphatic hydroxyl groups excluding tert-OH is 2. The van der Waals surface area contributed by atoms with Crippen LogP contribution in [0.5, 0.6) is 0 Å². The van der Waals surface area contributed by atoms with Gasteiger partial charge in [-0.2, -0.15) is 0 Å². The Hall–Kier alpha value is -2.13. The van der Waals surface area contributed by atoms with Gasteiger partial charge in [0.2, 0.25) is 0 Å². The van der Waals surface area contributed by atoms with E-state index in [4.69, 9.17) is 9.47 Å². The summed E-state index contributed by atoms with van der Waals surface area (Å²) in [6.45, 7) is 12.5. The number of aryl methyl sites for hydroxylation is 1. The lowest BCUT2D eigenvalue weighted by atomic mass is 9.73. The summed E-state index contributed by atoms with van der Waals surface area (Å²) < 4.78 is 11.6. The molecule has 2 N–H and O–H groups in total. The van der Waals surface area contributed by atoms with E-state index in [-0.39, 0.29) is 18.1 Å². The van der Waals surface area contributed by atoms with Gasteiger partial charge in [0.1, 0.15) is 11.9 Å². The van der Waals surface area contributed by atoms with Crippen molar-refractivity contribution >= 4 is 29.2 Å². The maximum Gasteiger partial charge on any atom is 0.309 e. The van der Waals surface area contributed by atoms with Gasteiger partial charge in [-0.15, -0.1) is 11.3 Å². The number of aliphatic hydroxyl groups is 2. The molecule has 200 valence electrons. The second-order valence-electron chi connectivity index (χ2n) is 10.4. The van der Waals surface area contributed by atoms with Crippen LogP contribution < -0.4 is 0 Å². The number of esters is 1. The van der Waals surface area contributed by atoms with E-state index in [9.17, 15) is 19.8 Å². The van der Waals surface area contributed by atoms with Gasteiger partial charge in [-0.25, -0.2) is 4.98 Å². The number of carbonyl (C=O) groups is 2. The van der Waals surface area contributed by atoms with Crippen molar-refractivity contribution in [3.05, 3.63) is 45.5 Å². The molecule has 0 bridgehead atoms. The van der Waals surface area contributed by atoms with E-state index in [0.717, 1.165) is 21.8 Å². The zero-order valence-electron chi connectivity index (χ0n) is 22.6.